The summed E-state index contributed by atoms with van der Waals surface area (Å²) in [5, 5.41) is 0.224. The van der Waals surface area contributed by atoms with Crippen molar-refractivity contribution in [1.82, 2.24) is 20.7 Å². The molecule has 2 heterocycles. The third-order valence-electron chi connectivity index (χ3n) is 4.60. The number of rotatable bonds is 8. The second-order valence-corrected chi connectivity index (χ2v) is 7.00. The fourth-order valence-electron chi connectivity index (χ4n) is 3.14. The minimum atomic E-state index is 0.224. The molecule has 0 radical (unpaired) electrons. The van der Waals surface area contributed by atoms with Gasteiger partial charge in [-0.3, -0.25) is 10.3 Å². The van der Waals surface area contributed by atoms with E-state index in [-0.39, 0.29) is 5.11 Å². The molecule has 1 saturated heterocycles. The van der Waals surface area contributed by atoms with Gasteiger partial charge in [0.15, 0.2) is 5.11 Å². The highest BCUT2D eigenvalue weighted by molar-refractivity contribution is 7.80. The fourth-order valence-corrected chi connectivity index (χ4v) is 3.22. The number of furan rings is 1. The summed E-state index contributed by atoms with van der Waals surface area (Å²) in [6, 6.07) is 14.7. The van der Waals surface area contributed by atoms with E-state index in [1.807, 2.05) is 12.1 Å². The molecule has 1 aromatic heterocycles. The van der Waals surface area contributed by atoms with E-state index < -0.39 is 0 Å². The molecule has 0 spiro atoms. The standard InChI is InChI=1S/C19H27N5OS/c20-19(26)22-21-14-17-6-7-18(25-17)15-24-12-10-23(11-13-24)9-8-16-4-2-1-3-5-16/h1-7,21H,8-15H2,(H3,20,22,26). The van der Waals surface area contributed by atoms with Crippen LogP contribution in [-0.4, -0.2) is 47.6 Å². The number of benzene rings is 1. The number of piperazine rings is 1. The van der Waals surface area contributed by atoms with Crippen molar-refractivity contribution in [3.63, 3.8) is 0 Å². The molecule has 2 aromatic rings. The number of thiocarbonyl (C=S) groups is 1. The molecule has 0 bridgehead atoms. The second-order valence-electron chi connectivity index (χ2n) is 6.56. The molecular weight excluding hydrogens is 346 g/mol. The van der Waals surface area contributed by atoms with Crippen LogP contribution < -0.4 is 16.6 Å². The van der Waals surface area contributed by atoms with Crippen molar-refractivity contribution >= 4 is 17.3 Å². The quantitative estimate of drug-likeness (QED) is 0.478. The van der Waals surface area contributed by atoms with Crippen molar-refractivity contribution in [2.24, 2.45) is 5.73 Å². The molecule has 6 nitrogen and oxygen atoms in total. The highest BCUT2D eigenvalue weighted by Crippen LogP contribution is 2.13. The van der Waals surface area contributed by atoms with Crippen molar-refractivity contribution < 1.29 is 4.42 Å². The monoisotopic (exact) mass is 373 g/mol. The van der Waals surface area contributed by atoms with Gasteiger partial charge in [0.1, 0.15) is 11.5 Å². The predicted octanol–water partition coefficient (Wildman–Crippen LogP) is 1.48. The van der Waals surface area contributed by atoms with E-state index in [4.69, 9.17) is 22.4 Å². The van der Waals surface area contributed by atoms with Gasteiger partial charge in [0.2, 0.25) is 0 Å². The lowest BCUT2D eigenvalue weighted by Crippen LogP contribution is -2.46. The molecule has 0 unspecified atom stereocenters. The Morgan fingerprint density at radius 2 is 1.69 bits per heavy atom. The number of nitrogens with zero attached hydrogens (tertiary/aromatic N) is 2. The molecule has 1 aliphatic heterocycles. The molecule has 140 valence electrons. The highest BCUT2D eigenvalue weighted by atomic mass is 32.1. The smallest absolute Gasteiger partial charge is 0.178 e. The zero-order chi connectivity index (χ0) is 18.2. The van der Waals surface area contributed by atoms with Crippen LogP contribution in [0.5, 0.6) is 0 Å². The lowest BCUT2D eigenvalue weighted by molar-refractivity contribution is 0.121. The first-order valence-electron chi connectivity index (χ1n) is 9.03. The SMILES string of the molecule is NC(=S)NNCc1ccc(CN2CCN(CCc3ccccc3)CC2)o1. The van der Waals surface area contributed by atoms with E-state index in [1.54, 1.807) is 0 Å². The molecular formula is C19H27N5OS. The Kier molecular flexibility index (Phi) is 7.02. The van der Waals surface area contributed by atoms with Gasteiger partial charge in [-0.05, 0) is 36.3 Å². The van der Waals surface area contributed by atoms with Crippen LogP contribution in [0.2, 0.25) is 0 Å². The molecule has 1 fully saturated rings. The first-order chi connectivity index (χ1) is 12.7. The van der Waals surface area contributed by atoms with E-state index >= 15 is 0 Å². The minimum Gasteiger partial charge on any atom is -0.463 e. The Morgan fingerprint density at radius 3 is 2.42 bits per heavy atom. The predicted molar refractivity (Wildman–Crippen MR) is 107 cm³/mol. The van der Waals surface area contributed by atoms with Gasteiger partial charge in [-0.25, -0.2) is 5.43 Å². The Bertz CT molecular complexity index is 682. The number of nitrogens with two attached hydrogens (primary N) is 1. The van der Waals surface area contributed by atoms with Crippen molar-refractivity contribution in [3.05, 3.63) is 59.5 Å². The number of hydrazine groups is 1. The summed E-state index contributed by atoms with van der Waals surface area (Å²) in [4.78, 5) is 4.99. The number of nitrogens with one attached hydrogen (secondary N) is 2. The van der Waals surface area contributed by atoms with E-state index in [0.717, 1.165) is 57.2 Å². The summed E-state index contributed by atoms with van der Waals surface area (Å²) in [6.45, 7) is 6.90. The second kappa shape index (κ2) is 9.68. The van der Waals surface area contributed by atoms with Gasteiger partial charge in [0.05, 0.1) is 13.1 Å². The molecule has 0 amide bonds. The summed E-state index contributed by atoms with van der Waals surface area (Å²) in [6.07, 6.45) is 1.12. The van der Waals surface area contributed by atoms with E-state index in [9.17, 15) is 0 Å². The third kappa shape index (κ3) is 6.10. The van der Waals surface area contributed by atoms with Crippen LogP contribution in [0.15, 0.2) is 46.9 Å². The Morgan fingerprint density at radius 1 is 1.00 bits per heavy atom. The molecule has 26 heavy (non-hydrogen) atoms. The average Bonchev–Trinajstić information content (AvgIpc) is 3.09. The van der Waals surface area contributed by atoms with Crippen LogP contribution in [-0.2, 0) is 19.5 Å². The van der Waals surface area contributed by atoms with Gasteiger partial charge in [-0.2, -0.15) is 0 Å². The highest BCUT2D eigenvalue weighted by Gasteiger charge is 2.17. The van der Waals surface area contributed by atoms with Gasteiger partial charge < -0.3 is 15.1 Å². The zero-order valence-electron chi connectivity index (χ0n) is 15.0. The Labute approximate surface area is 160 Å². The van der Waals surface area contributed by atoms with Crippen LogP contribution >= 0.6 is 12.2 Å². The maximum atomic E-state index is 5.86. The van der Waals surface area contributed by atoms with E-state index in [1.165, 1.54) is 5.56 Å². The van der Waals surface area contributed by atoms with E-state index in [2.05, 4.69) is 51.0 Å². The molecule has 0 atom stereocenters. The molecule has 3 rings (SSSR count). The summed E-state index contributed by atoms with van der Waals surface area (Å²) < 4.78 is 5.86. The van der Waals surface area contributed by atoms with Crippen LogP contribution in [0.4, 0.5) is 0 Å². The Hall–Kier alpha value is -1.93. The van der Waals surface area contributed by atoms with Crippen LogP contribution in [0.1, 0.15) is 17.1 Å². The van der Waals surface area contributed by atoms with Gasteiger partial charge in [-0.1, -0.05) is 30.3 Å². The molecule has 1 aromatic carbocycles. The zero-order valence-corrected chi connectivity index (χ0v) is 15.8. The van der Waals surface area contributed by atoms with Crippen molar-refractivity contribution in [1.29, 1.82) is 0 Å². The first kappa shape index (κ1) is 18.8. The molecule has 0 aliphatic carbocycles. The number of hydrogen-bond donors (Lipinski definition) is 3. The summed E-state index contributed by atoms with van der Waals surface area (Å²) in [7, 11) is 0. The van der Waals surface area contributed by atoms with Crippen molar-refractivity contribution in [3.8, 4) is 0 Å². The lowest BCUT2D eigenvalue weighted by Gasteiger charge is -2.34. The van der Waals surface area contributed by atoms with E-state index in [0.29, 0.717) is 6.54 Å². The fraction of sp³-hybridized carbons (Fsp3) is 0.421. The topological polar surface area (TPSA) is 69.7 Å². The average molecular weight is 374 g/mol. The molecule has 7 heteroatoms. The summed E-state index contributed by atoms with van der Waals surface area (Å²) >= 11 is 4.74. The minimum absolute atomic E-state index is 0.224. The van der Waals surface area contributed by atoms with Crippen molar-refractivity contribution in [2.75, 3.05) is 32.7 Å². The summed E-state index contributed by atoms with van der Waals surface area (Å²) in [5.41, 5.74) is 12.4. The van der Waals surface area contributed by atoms with Gasteiger partial charge in [0.25, 0.3) is 0 Å². The van der Waals surface area contributed by atoms with Crippen LogP contribution in [0.25, 0.3) is 0 Å². The van der Waals surface area contributed by atoms with Gasteiger partial charge in [-0.15, -0.1) is 0 Å². The molecule has 0 saturated carbocycles. The van der Waals surface area contributed by atoms with Gasteiger partial charge in [0, 0.05) is 32.7 Å². The largest absolute Gasteiger partial charge is 0.463 e. The maximum Gasteiger partial charge on any atom is 0.178 e. The third-order valence-corrected chi connectivity index (χ3v) is 4.70. The Balaban J connectivity index is 1.36. The van der Waals surface area contributed by atoms with Crippen LogP contribution in [0, 0.1) is 0 Å². The van der Waals surface area contributed by atoms with Crippen molar-refractivity contribution in [2.45, 2.75) is 19.5 Å². The summed E-state index contributed by atoms with van der Waals surface area (Å²) in [5.74, 6) is 1.86. The molecule has 4 N–H and O–H groups in total. The first-order valence-corrected chi connectivity index (χ1v) is 9.44. The van der Waals surface area contributed by atoms with Gasteiger partial charge >= 0.3 is 0 Å². The number of hydrogen-bond acceptors (Lipinski definition) is 5. The molecule has 1 aliphatic rings. The normalized spacial score (nSPS) is 15.8. The lowest BCUT2D eigenvalue weighted by atomic mass is 10.1. The van der Waals surface area contributed by atoms with Crippen LogP contribution in [0.3, 0.4) is 0 Å². The maximum absolute atomic E-state index is 5.86.